The molecule has 3 aromatic carbocycles. The highest BCUT2D eigenvalue weighted by atomic mass is 32.2. The Morgan fingerprint density at radius 1 is 0.839 bits per heavy atom. The maximum atomic E-state index is 13.0. The highest BCUT2D eigenvalue weighted by Gasteiger charge is 2.16. The molecule has 2 N–H and O–H groups in total. The Hall–Kier alpha value is -3.59. The summed E-state index contributed by atoms with van der Waals surface area (Å²) in [6, 6.07) is 15.6. The van der Waals surface area contributed by atoms with E-state index in [4.69, 9.17) is 9.47 Å². The van der Waals surface area contributed by atoms with Gasteiger partial charge in [0.05, 0.1) is 18.1 Å². The van der Waals surface area contributed by atoms with Gasteiger partial charge in [-0.15, -0.1) is 0 Å². The number of sulfonamides is 1. The third-order valence-electron chi connectivity index (χ3n) is 4.53. The first kappa shape index (κ1) is 20.7. The molecule has 160 valence electrons. The molecule has 9 heteroatoms. The van der Waals surface area contributed by atoms with E-state index in [1.807, 2.05) is 0 Å². The molecule has 1 heterocycles. The number of hydrogen-bond donors (Lipinski definition) is 2. The van der Waals surface area contributed by atoms with Gasteiger partial charge >= 0.3 is 0 Å². The van der Waals surface area contributed by atoms with Crippen molar-refractivity contribution < 1.29 is 27.1 Å². The molecule has 0 saturated carbocycles. The molecule has 4 rings (SSSR count). The van der Waals surface area contributed by atoms with Crippen LogP contribution in [0.3, 0.4) is 0 Å². The Labute approximate surface area is 178 Å². The lowest BCUT2D eigenvalue weighted by molar-refractivity contribution is 0.102. The van der Waals surface area contributed by atoms with Gasteiger partial charge in [-0.1, -0.05) is 0 Å². The monoisotopic (exact) mass is 442 g/mol. The van der Waals surface area contributed by atoms with Gasteiger partial charge in [0.25, 0.3) is 15.9 Å². The van der Waals surface area contributed by atoms with Crippen molar-refractivity contribution in [2.45, 2.75) is 11.3 Å². The molecule has 31 heavy (non-hydrogen) atoms. The summed E-state index contributed by atoms with van der Waals surface area (Å²) in [6.07, 6.45) is 0.779. The van der Waals surface area contributed by atoms with Crippen LogP contribution in [-0.4, -0.2) is 27.5 Å². The average Bonchev–Trinajstić information content (AvgIpc) is 3.00. The molecule has 1 aliphatic rings. The number of anilines is 2. The number of benzene rings is 3. The van der Waals surface area contributed by atoms with Crippen molar-refractivity contribution in [1.29, 1.82) is 0 Å². The van der Waals surface area contributed by atoms with Crippen molar-refractivity contribution in [2.75, 3.05) is 23.3 Å². The van der Waals surface area contributed by atoms with E-state index in [0.29, 0.717) is 30.4 Å². The minimum absolute atomic E-state index is 0.0241. The molecule has 0 fully saturated rings. The van der Waals surface area contributed by atoms with E-state index in [1.165, 1.54) is 36.4 Å². The molecular formula is C22H19FN2O5S. The van der Waals surface area contributed by atoms with Gasteiger partial charge in [-0.3, -0.25) is 9.52 Å². The molecule has 3 aromatic rings. The van der Waals surface area contributed by atoms with Crippen LogP contribution in [0, 0.1) is 5.82 Å². The number of ether oxygens (including phenoxy) is 2. The van der Waals surface area contributed by atoms with Crippen LogP contribution in [0.2, 0.25) is 0 Å². The highest BCUT2D eigenvalue weighted by molar-refractivity contribution is 7.92. The van der Waals surface area contributed by atoms with Crippen molar-refractivity contribution in [3.63, 3.8) is 0 Å². The van der Waals surface area contributed by atoms with Crippen molar-refractivity contribution in [3.8, 4) is 11.5 Å². The average molecular weight is 442 g/mol. The highest BCUT2D eigenvalue weighted by Crippen LogP contribution is 2.32. The van der Waals surface area contributed by atoms with E-state index < -0.39 is 21.7 Å². The third kappa shape index (κ3) is 4.95. The molecule has 0 aliphatic carbocycles. The lowest BCUT2D eigenvalue weighted by atomic mass is 10.2. The second-order valence-electron chi connectivity index (χ2n) is 6.80. The molecule has 7 nitrogen and oxygen atoms in total. The summed E-state index contributed by atoms with van der Waals surface area (Å²) in [6.45, 7) is 1.11. The summed E-state index contributed by atoms with van der Waals surface area (Å²) in [5.74, 6) is 0.319. The fraction of sp³-hybridized carbons (Fsp3) is 0.136. The van der Waals surface area contributed by atoms with Crippen LogP contribution >= 0.6 is 0 Å². The van der Waals surface area contributed by atoms with Gasteiger partial charge in [-0.05, 0) is 60.7 Å². The van der Waals surface area contributed by atoms with Gasteiger partial charge in [0.15, 0.2) is 11.5 Å². The molecule has 0 atom stereocenters. The first-order chi connectivity index (χ1) is 14.9. The van der Waals surface area contributed by atoms with Gasteiger partial charge < -0.3 is 14.8 Å². The van der Waals surface area contributed by atoms with E-state index >= 15 is 0 Å². The predicted octanol–water partition coefficient (Wildman–Crippen LogP) is 4.04. The summed E-state index contributed by atoms with van der Waals surface area (Å²) in [7, 11) is -3.88. The first-order valence-electron chi connectivity index (χ1n) is 9.50. The lowest BCUT2D eigenvalue weighted by Gasteiger charge is -2.11. The van der Waals surface area contributed by atoms with Crippen molar-refractivity contribution in [2.24, 2.45) is 0 Å². The molecule has 0 spiro atoms. The molecule has 1 aliphatic heterocycles. The Kier molecular flexibility index (Phi) is 5.77. The van der Waals surface area contributed by atoms with E-state index in [-0.39, 0.29) is 16.1 Å². The molecule has 0 saturated heterocycles. The number of rotatable bonds is 5. The number of fused-ring (bicyclic) bond motifs is 1. The Balaban J connectivity index is 1.45. The zero-order valence-corrected chi connectivity index (χ0v) is 17.1. The number of carbonyl (C=O) groups excluding carboxylic acids is 1. The molecule has 1 amide bonds. The topological polar surface area (TPSA) is 93.7 Å². The number of halogens is 1. The molecular weight excluding hydrogens is 423 g/mol. The van der Waals surface area contributed by atoms with Crippen LogP contribution in [0.15, 0.2) is 71.6 Å². The standard InChI is InChI=1S/C22H19FN2O5S/c23-16-4-6-17(7-5-16)25-31(27,28)19-9-2-15(3-10-19)22(26)24-18-8-11-20-21(14-18)30-13-1-12-29-20/h2-11,14,25H,1,12-13H2,(H,24,26). The van der Waals surface area contributed by atoms with Crippen LogP contribution < -0.4 is 19.5 Å². The minimum atomic E-state index is -3.88. The van der Waals surface area contributed by atoms with E-state index in [9.17, 15) is 17.6 Å². The molecule has 0 radical (unpaired) electrons. The number of amides is 1. The predicted molar refractivity (Wildman–Crippen MR) is 114 cm³/mol. The van der Waals surface area contributed by atoms with E-state index in [2.05, 4.69) is 10.0 Å². The van der Waals surface area contributed by atoms with Gasteiger partial charge in [0.1, 0.15) is 5.82 Å². The summed E-state index contributed by atoms with van der Waals surface area (Å²) in [5.41, 5.74) is 1.05. The fourth-order valence-corrected chi connectivity index (χ4v) is 4.02. The second-order valence-corrected chi connectivity index (χ2v) is 8.49. The van der Waals surface area contributed by atoms with Gasteiger partial charge in [0, 0.05) is 29.4 Å². The zero-order valence-electron chi connectivity index (χ0n) is 16.3. The summed E-state index contributed by atoms with van der Waals surface area (Å²) in [4.78, 5) is 12.5. The largest absolute Gasteiger partial charge is 0.490 e. The Bertz CT molecular complexity index is 1200. The van der Waals surface area contributed by atoms with Crippen LogP contribution in [-0.2, 0) is 10.0 Å². The van der Waals surface area contributed by atoms with E-state index in [0.717, 1.165) is 18.6 Å². The summed E-state index contributed by atoms with van der Waals surface area (Å²) >= 11 is 0. The summed E-state index contributed by atoms with van der Waals surface area (Å²) < 4.78 is 51.5. The third-order valence-corrected chi connectivity index (χ3v) is 5.93. The van der Waals surface area contributed by atoms with Crippen LogP contribution in [0.5, 0.6) is 11.5 Å². The second kappa shape index (κ2) is 8.65. The van der Waals surface area contributed by atoms with Gasteiger partial charge in [0.2, 0.25) is 0 Å². The maximum absolute atomic E-state index is 13.0. The van der Waals surface area contributed by atoms with Crippen LogP contribution in [0.25, 0.3) is 0 Å². The first-order valence-corrected chi connectivity index (χ1v) is 11.0. The van der Waals surface area contributed by atoms with Crippen molar-refractivity contribution in [1.82, 2.24) is 0 Å². The SMILES string of the molecule is O=C(Nc1ccc2c(c1)OCCCO2)c1ccc(S(=O)(=O)Nc2ccc(F)cc2)cc1. The Morgan fingerprint density at radius 2 is 1.48 bits per heavy atom. The molecule has 0 unspecified atom stereocenters. The quantitative estimate of drug-likeness (QED) is 0.622. The summed E-state index contributed by atoms with van der Waals surface area (Å²) in [5, 5.41) is 2.76. The lowest BCUT2D eigenvalue weighted by Crippen LogP contribution is -2.15. The number of hydrogen-bond acceptors (Lipinski definition) is 5. The van der Waals surface area contributed by atoms with Crippen molar-refractivity contribution in [3.05, 3.63) is 78.1 Å². The van der Waals surface area contributed by atoms with Crippen molar-refractivity contribution >= 4 is 27.3 Å². The molecule has 0 bridgehead atoms. The van der Waals surface area contributed by atoms with Crippen LogP contribution in [0.4, 0.5) is 15.8 Å². The maximum Gasteiger partial charge on any atom is 0.261 e. The fourth-order valence-electron chi connectivity index (χ4n) is 2.96. The Morgan fingerprint density at radius 3 is 2.19 bits per heavy atom. The number of carbonyl (C=O) groups is 1. The van der Waals surface area contributed by atoms with Gasteiger partial charge in [-0.25, -0.2) is 12.8 Å². The zero-order chi connectivity index (χ0) is 21.8. The molecule has 0 aromatic heterocycles. The van der Waals surface area contributed by atoms with E-state index in [1.54, 1.807) is 18.2 Å². The van der Waals surface area contributed by atoms with Crippen LogP contribution in [0.1, 0.15) is 16.8 Å². The number of nitrogens with one attached hydrogen (secondary N) is 2. The normalized spacial score (nSPS) is 13.2. The smallest absolute Gasteiger partial charge is 0.261 e. The van der Waals surface area contributed by atoms with Gasteiger partial charge in [-0.2, -0.15) is 0 Å². The minimum Gasteiger partial charge on any atom is -0.490 e.